The molecule has 5 heteroatoms. The van der Waals surface area contributed by atoms with Crippen molar-refractivity contribution in [2.24, 2.45) is 0 Å². The van der Waals surface area contributed by atoms with Crippen molar-refractivity contribution in [3.05, 3.63) is 15.4 Å². The van der Waals surface area contributed by atoms with Gasteiger partial charge in [-0.3, -0.25) is 4.90 Å². The van der Waals surface area contributed by atoms with Gasteiger partial charge in [0.1, 0.15) is 0 Å². The van der Waals surface area contributed by atoms with Crippen LogP contribution in [0.3, 0.4) is 0 Å². The van der Waals surface area contributed by atoms with E-state index < -0.39 is 5.60 Å². The molecule has 0 bridgehead atoms. The minimum Gasteiger partial charge on any atom is -0.486 e. The van der Waals surface area contributed by atoms with E-state index in [1.807, 2.05) is 13.8 Å². The van der Waals surface area contributed by atoms with Crippen molar-refractivity contribution >= 4 is 27.3 Å². The molecule has 1 heterocycles. The monoisotopic (exact) mass is 321 g/mol. The van der Waals surface area contributed by atoms with Crippen LogP contribution >= 0.6 is 27.3 Å². The van der Waals surface area contributed by atoms with Crippen LogP contribution in [0.2, 0.25) is 0 Å². The number of aliphatic hydroxyl groups is 1. The number of thiophene rings is 1. The molecule has 0 aliphatic heterocycles. The van der Waals surface area contributed by atoms with Crippen LogP contribution in [-0.4, -0.2) is 35.8 Å². The largest absolute Gasteiger partial charge is 0.486 e. The highest BCUT2D eigenvalue weighted by atomic mass is 79.9. The van der Waals surface area contributed by atoms with Crippen molar-refractivity contribution in [2.75, 3.05) is 20.2 Å². The third-order valence-electron chi connectivity index (χ3n) is 2.33. The van der Waals surface area contributed by atoms with Gasteiger partial charge in [-0.05, 0) is 42.4 Å². The maximum absolute atomic E-state index is 9.83. The van der Waals surface area contributed by atoms with E-state index in [0.29, 0.717) is 6.54 Å². The smallest absolute Gasteiger partial charge is 0.188 e. The minimum absolute atomic E-state index is 0.658. The summed E-state index contributed by atoms with van der Waals surface area (Å²) in [7, 11) is 1.68. The first-order valence-corrected chi connectivity index (χ1v) is 7.23. The molecule has 3 nitrogen and oxygen atoms in total. The van der Waals surface area contributed by atoms with Gasteiger partial charge in [0.25, 0.3) is 0 Å². The summed E-state index contributed by atoms with van der Waals surface area (Å²) < 4.78 is 6.24. The standard InChI is InChI=1S/C12H20BrNO2S/c1-5-14(8-12(2,3)15)7-9-6-10(13)11(16-4)17-9/h6,15H,5,7-8H2,1-4H3. The van der Waals surface area contributed by atoms with Gasteiger partial charge >= 0.3 is 0 Å². The van der Waals surface area contributed by atoms with E-state index in [-0.39, 0.29) is 0 Å². The van der Waals surface area contributed by atoms with Crippen molar-refractivity contribution < 1.29 is 9.84 Å². The zero-order valence-electron chi connectivity index (χ0n) is 10.8. The topological polar surface area (TPSA) is 32.7 Å². The Morgan fingerprint density at radius 3 is 2.59 bits per heavy atom. The molecule has 1 N–H and O–H groups in total. The van der Waals surface area contributed by atoms with Gasteiger partial charge in [-0.2, -0.15) is 0 Å². The fraction of sp³-hybridized carbons (Fsp3) is 0.667. The highest BCUT2D eigenvalue weighted by Crippen LogP contribution is 2.35. The molecule has 0 amide bonds. The number of hydrogen-bond donors (Lipinski definition) is 1. The number of nitrogens with zero attached hydrogens (tertiary/aromatic N) is 1. The number of halogens is 1. The molecule has 0 saturated carbocycles. The summed E-state index contributed by atoms with van der Waals surface area (Å²) in [5.41, 5.74) is -0.658. The maximum Gasteiger partial charge on any atom is 0.188 e. The van der Waals surface area contributed by atoms with Crippen molar-refractivity contribution in [3.63, 3.8) is 0 Å². The molecule has 0 unspecified atom stereocenters. The van der Waals surface area contributed by atoms with Crippen molar-refractivity contribution in [1.29, 1.82) is 0 Å². The fourth-order valence-electron chi connectivity index (χ4n) is 1.66. The lowest BCUT2D eigenvalue weighted by molar-refractivity contribution is 0.0356. The van der Waals surface area contributed by atoms with Gasteiger partial charge < -0.3 is 9.84 Å². The van der Waals surface area contributed by atoms with Crippen LogP contribution in [0.4, 0.5) is 0 Å². The van der Waals surface area contributed by atoms with Crippen molar-refractivity contribution in [1.82, 2.24) is 4.90 Å². The van der Waals surface area contributed by atoms with Crippen LogP contribution in [0.5, 0.6) is 5.06 Å². The highest BCUT2D eigenvalue weighted by molar-refractivity contribution is 9.10. The van der Waals surface area contributed by atoms with E-state index in [4.69, 9.17) is 4.74 Å². The SMILES string of the molecule is CCN(Cc1cc(Br)c(OC)s1)CC(C)(C)O. The van der Waals surface area contributed by atoms with Gasteiger partial charge in [0.05, 0.1) is 17.2 Å². The van der Waals surface area contributed by atoms with Crippen LogP contribution in [0.25, 0.3) is 0 Å². The number of hydrogen-bond acceptors (Lipinski definition) is 4. The van der Waals surface area contributed by atoms with Crippen LogP contribution < -0.4 is 4.74 Å². The first-order chi connectivity index (χ1) is 7.85. The maximum atomic E-state index is 9.83. The normalized spacial score (nSPS) is 12.2. The zero-order chi connectivity index (χ0) is 13.1. The molecular weight excluding hydrogens is 302 g/mol. The van der Waals surface area contributed by atoms with Gasteiger partial charge in [-0.15, -0.1) is 11.3 Å². The quantitative estimate of drug-likeness (QED) is 0.873. The average Bonchev–Trinajstić information content (AvgIpc) is 2.55. The Balaban J connectivity index is 2.67. The van der Waals surface area contributed by atoms with E-state index in [1.165, 1.54) is 4.88 Å². The van der Waals surface area contributed by atoms with Crippen molar-refractivity contribution in [2.45, 2.75) is 32.9 Å². The van der Waals surface area contributed by atoms with E-state index >= 15 is 0 Å². The lowest BCUT2D eigenvalue weighted by Gasteiger charge is -2.27. The molecule has 0 saturated heterocycles. The molecular formula is C12H20BrNO2S. The van der Waals surface area contributed by atoms with E-state index in [1.54, 1.807) is 18.4 Å². The molecule has 98 valence electrons. The second-order valence-corrected chi connectivity index (χ2v) is 6.62. The Morgan fingerprint density at radius 2 is 2.18 bits per heavy atom. The number of methoxy groups -OCH3 is 1. The molecule has 0 fully saturated rings. The molecule has 0 radical (unpaired) electrons. The fourth-order valence-corrected chi connectivity index (χ4v) is 3.40. The summed E-state index contributed by atoms with van der Waals surface area (Å²) in [6, 6.07) is 2.08. The van der Waals surface area contributed by atoms with Crippen LogP contribution in [0.15, 0.2) is 10.5 Å². The number of ether oxygens (including phenoxy) is 1. The summed E-state index contributed by atoms with van der Waals surface area (Å²) in [4.78, 5) is 3.46. The first-order valence-electron chi connectivity index (χ1n) is 5.62. The third kappa shape index (κ3) is 4.95. The summed E-state index contributed by atoms with van der Waals surface area (Å²) in [5, 5.41) is 10.7. The van der Waals surface area contributed by atoms with Crippen LogP contribution in [0, 0.1) is 0 Å². The Labute approximate surface area is 116 Å². The first kappa shape index (κ1) is 15.0. The summed E-state index contributed by atoms with van der Waals surface area (Å²) in [6.07, 6.45) is 0. The van der Waals surface area contributed by atoms with Crippen LogP contribution in [0.1, 0.15) is 25.6 Å². The predicted octanol–water partition coefficient (Wildman–Crippen LogP) is 3.11. The van der Waals surface area contributed by atoms with Crippen LogP contribution in [-0.2, 0) is 6.54 Å². The average molecular weight is 322 g/mol. The summed E-state index contributed by atoms with van der Waals surface area (Å²) >= 11 is 5.10. The number of rotatable bonds is 6. The highest BCUT2D eigenvalue weighted by Gasteiger charge is 2.18. The van der Waals surface area contributed by atoms with Gasteiger partial charge in [-0.1, -0.05) is 6.92 Å². The van der Waals surface area contributed by atoms with Gasteiger partial charge in [-0.25, -0.2) is 0 Å². The van der Waals surface area contributed by atoms with E-state index in [9.17, 15) is 5.11 Å². The van der Waals surface area contributed by atoms with Gasteiger partial charge in [0.15, 0.2) is 5.06 Å². The molecule has 0 aliphatic carbocycles. The second-order valence-electron chi connectivity index (χ2n) is 4.67. The molecule has 1 rings (SSSR count). The summed E-state index contributed by atoms with van der Waals surface area (Å²) in [6.45, 7) is 8.20. The summed E-state index contributed by atoms with van der Waals surface area (Å²) in [5.74, 6) is 0. The molecule has 1 aromatic rings. The minimum atomic E-state index is -0.658. The molecule has 0 aliphatic rings. The number of likely N-dealkylation sites (N-methyl/N-ethyl adjacent to an activating group) is 1. The Bertz CT molecular complexity index is 360. The molecule has 0 spiro atoms. The molecule has 1 aromatic heterocycles. The second kappa shape index (κ2) is 6.18. The lowest BCUT2D eigenvalue weighted by atomic mass is 10.1. The predicted molar refractivity (Wildman–Crippen MR) is 75.8 cm³/mol. The zero-order valence-corrected chi connectivity index (χ0v) is 13.2. The Morgan fingerprint density at radius 1 is 1.53 bits per heavy atom. The lowest BCUT2D eigenvalue weighted by Crippen LogP contribution is -2.37. The van der Waals surface area contributed by atoms with E-state index in [2.05, 4.69) is 33.8 Å². The third-order valence-corrected chi connectivity index (χ3v) is 4.26. The van der Waals surface area contributed by atoms with E-state index in [0.717, 1.165) is 22.6 Å². The molecule has 17 heavy (non-hydrogen) atoms. The Hall–Kier alpha value is -0.100. The Kier molecular flexibility index (Phi) is 5.44. The molecule has 0 aromatic carbocycles. The van der Waals surface area contributed by atoms with Crippen molar-refractivity contribution in [3.8, 4) is 5.06 Å². The van der Waals surface area contributed by atoms with Gasteiger partial charge in [0.2, 0.25) is 0 Å². The molecule has 0 atom stereocenters. The van der Waals surface area contributed by atoms with Gasteiger partial charge in [0, 0.05) is 18.0 Å².